The summed E-state index contributed by atoms with van der Waals surface area (Å²) in [5, 5.41) is 11.5. The molecule has 0 aliphatic heterocycles. The first-order valence-corrected chi connectivity index (χ1v) is 8.39. The molecule has 0 radical (unpaired) electrons. The molecule has 0 unspecified atom stereocenters. The quantitative estimate of drug-likeness (QED) is 0.676. The summed E-state index contributed by atoms with van der Waals surface area (Å²) in [7, 11) is -3.98. The Morgan fingerprint density at radius 2 is 2.00 bits per heavy atom. The highest BCUT2D eigenvalue weighted by Gasteiger charge is 2.25. The van der Waals surface area contributed by atoms with Gasteiger partial charge in [0.1, 0.15) is 0 Å². The van der Waals surface area contributed by atoms with Crippen molar-refractivity contribution in [1.29, 1.82) is 0 Å². The molecular formula is C12H13BrN2O5S. The molecule has 0 saturated heterocycles. The molecule has 1 aromatic carbocycles. The number of sulfonamides is 1. The van der Waals surface area contributed by atoms with Crippen molar-refractivity contribution in [3.63, 3.8) is 0 Å². The van der Waals surface area contributed by atoms with Crippen molar-refractivity contribution in [2.24, 2.45) is 0 Å². The summed E-state index contributed by atoms with van der Waals surface area (Å²) < 4.78 is 26.6. The lowest BCUT2D eigenvalue weighted by molar-refractivity contribution is -0.120. The van der Waals surface area contributed by atoms with Crippen LogP contribution in [0.25, 0.3) is 0 Å². The summed E-state index contributed by atoms with van der Waals surface area (Å²) >= 11 is 3.06. The highest BCUT2D eigenvalue weighted by atomic mass is 79.9. The van der Waals surface area contributed by atoms with E-state index in [-0.39, 0.29) is 27.5 Å². The smallest absolute Gasteiger partial charge is 0.335 e. The first kappa shape index (κ1) is 15.9. The van der Waals surface area contributed by atoms with Gasteiger partial charge in [-0.15, -0.1) is 0 Å². The van der Waals surface area contributed by atoms with E-state index in [1.807, 2.05) is 0 Å². The van der Waals surface area contributed by atoms with Crippen LogP contribution in [0.3, 0.4) is 0 Å². The van der Waals surface area contributed by atoms with Crippen LogP contribution in [0.15, 0.2) is 27.6 Å². The molecule has 21 heavy (non-hydrogen) atoms. The van der Waals surface area contributed by atoms with Gasteiger partial charge in [-0.05, 0) is 47.0 Å². The molecule has 0 spiro atoms. The second-order valence-corrected chi connectivity index (χ2v) is 7.21. The molecule has 2 rings (SSSR count). The van der Waals surface area contributed by atoms with Crippen LogP contribution in [-0.2, 0) is 14.8 Å². The standard InChI is InChI=1S/C12H13BrN2O5S/c13-9-4-1-7(12(17)18)5-10(9)21(19,20)14-6-11(16)15-8-2-3-8/h1,4-5,8,14H,2-3,6H2,(H,15,16)(H,17,18). The van der Waals surface area contributed by atoms with Crippen LogP contribution in [0, 0.1) is 0 Å². The van der Waals surface area contributed by atoms with Gasteiger partial charge in [0.15, 0.2) is 0 Å². The van der Waals surface area contributed by atoms with Crippen LogP contribution >= 0.6 is 15.9 Å². The minimum Gasteiger partial charge on any atom is -0.478 e. The predicted molar refractivity (Wildman–Crippen MR) is 77.5 cm³/mol. The topological polar surface area (TPSA) is 113 Å². The lowest BCUT2D eigenvalue weighted by Gasteiger charge is -2.09. The van der Waals surface area contributed by atoms with E-state index in [0.717, 1.165) is 18.9 Å². The Kier molecular flexibility index (Phi) is 4.64. The van der Waals surface area contributed by atoms with Crippen molar-refractivity contribution < 1.29 is 23.1 Å². The minimum absolute atomic E-state index is 0.143. The molecule has 1 aliphatic rings. The maximum atomic E-state index is 12.1. The Balaban J connectivity index is 2.12. The van der Waals surface area contributed by atoms with E-state index >= 15 is 0 Å². The van der Waals surface area contributed by atoms with Crippen molar-refractivity contribution in [2.75, 3.05) is 6.54 Å². The van der Waals surface area contributed by atoms with Gasteiger partial charge in [-0.2, -0.15) is 0 Å². The van der Waals surface area contributed by atoms with E-state index in [2.05, 4.69) is 26.0 Å². The van der Waals surface area contributed by atoms with Gasteiger partial charge in [0, 0.05) is 10.5 Å². The third kappa shape index (κ3) is 4.26. The summed E-state index contributed by atoms with van der Waals surface area (Å²) in [6, 6.07) is 3.80. The van der Waals surface area contributed by atoms with Crippen LogP contribution < -0.4 is 10.0 Å². The third-order valence-corrected chi connectivity index (χ3v) is 5.23. The number of nitrogens with one attached hydrogen (secondary N) is 2. The van der Waals surface area contributed by atoms with Crippen LogP contribution in [0.4, 0.5) is 0 Å². The van der Waals surface area contributed by atoms with E-state index in [1.54, 1.807) is 0 Å². The number of hydrogen-bond acceptors (Lipinski definition) is 4. The maximum absolute atomic E-state index is 12.1. The lowest BCUT2D eigenvalue weighted by atomic mass is 10.2. The van der Waals surface area contributed by atoms with Crippen LogP contribution in [0.2, 0.25) is 0 Å². The number of carbonyl (C=O) groups excluding carboxylic acids is 1. The zero-order valence-corrected chi connectivity index (χ0v) is 13.2. The van der Waals surface area contributed by atoms with Crippen molar-refractivity contribution in [2.45, 2.75) is 23.8 Å². The fourth-order valence-corrected chi connectivity index (χ4v) is 3.56. The summed E-state index contributed by atoms with van der Waals surface area (Å²) in [5.74, 6) is -1.64. The minimum atomic E-state index is -3.98. The molecule has 0 aromatic heterocycles. The number of halogens is 1. The molecular weight excluding hydrogens is 364 g/mol. The Morgan fingerprint density at radius 1 is 1.33 bits per heavy atom. The fraction of sp³-hybridized carbons (Fsp3) is 0.333. The van der Waals surface area contributed by atoms with Gasteiger partial charge in [-0.1, -0.05) is 0 Å². The number of rotatable bonds is 6. The second-order valence-electron chi connectivity index (χ2n) is 4.62. The van der Waals surface area contributed by atoms with Crippen LogP contribution in [-0.4, -0.2) is 38.0 Å². The van der Waals surface area contributed by atoms with Crippen LogP contribution in [0.1, 0.15) is 23.2 Å². The van der Waals surface area contributed by atoms with E-state index in [1.165, 1.54) is 12.1 Å². The average Bonchev–Trinajstić information content (AvgIpc) is 3.20. The van der Waals surface area contributed by atoms with E-state index in [0.29, 0.717) is 0 Å². The van der Waals surface area contributed by atoms with E-state index in [9.17, 15) is 18.0 Å². The Hall–Kier alpha value is -1.45. The normalized spacial score (nSPS) is 14.7. The zero-order chi connectivity index (χ0) is 15.6. The number of amides is 1. The van der Waals surface area contributed by atoms with Crippen molar-refractivity contribution >= 4 is 37.8 Å². The molecule has 0 atom stereocenters. The van der Waals surface area contributed by atoms with Crippen molar-refractivity contribution in [3.05, 3.63) is 28.2 Å². The molecule has 114 valence electrons. The molecule has 9 heteroatoms. The summed E-state index contributed by atoms with van der Waals surface area (Å²) in [6.07, 6.45) is 1.81. The van der Waals surface area contributed by atoms with Gasteiger partial charge in [0.05, 0.1) is 17.0 Å². The number of carboxylic acid groups (broad SMARTS) is 1. The molecule has 1 fully saturated rings. The number of carbonyl (C=O) groups is 2. The van der Waals surface area contributed by atoms with Gasteiger partial charge in [-0.25, -0.2) is 17.9 Å². The first-order chi connectivity index (χ1) is 9.79. The molecule has 1 saturated carbocycles. The van der Waals surface area contributed by atoms with Gasteiger partial charge in [-0.3, -0.25) is 4.79 Å². The largest absolute Gasteiger partial charge is 0.478 e. The van der Waals surface area contributed by atoms with Gasteiger partial charge < -0.3 is 10.4 Å². The highest BCUT2D eigenvalue weighted by Crippen LogP contribution is 2.23. The van der Waals surface area contributed by atoms with Gasteiger partial charge in [0.2, 0.25) is 15.9 Å². The molecule has 7 nitrogen and oxygen atoms in total. The summed E-state index contributed by atoms with van der Waals surface area (Å²) in [4.78, 5) is 22.2. The molecule has 1 aromatic rings. The van der Waals surface area contributed by atoms with Gasteiger partial charge in [0.25, 0.3) is 0 Å². The molecule has 3 N–H and O–H groups in total. The number of carboxylic acids is 1. The lowest BCUT2D eigenvalue weighted by Crippen LogP contribution is -2.37. The summed E-state index contributed by atoms with van der Waals surface area (Å²) in [5.41, 5.74) is -0.152. The number of aromatic carboxylic acids is 1. The van der Waals surface area contributed by atoms with E-state index < -0.39 is 21.9 Å². The average molecular weight is 377 g/mol. The monoisotopic (exact) mass is 376 g/mol. The molecule has 1 amide bonds. The van der Waals surface area contributed by atoms with Gasteiger partial charge >= 0.3 is 5.97 Å². The molecule has 1 aliphatic carbocycles. The summed E-state index contributed by atoms with van der Waals surface area (Å²) in [6.45, 7) is -0.386. The Bertz CT molecular complexity index is 685. The van der Waals surface area contributed by atoms with Crippen LogP contribution in [0.5, 0.6) is 0 Å². The molecule has 0 bridgehead atoms. The fourth-order valence-electron chi connectivity index (χ4n) is 1.59. The van der Waals surface area contributed by atoms with Crippen molar-refractivity contribution in [3.8, 4) is 0 Å². The number of hydrogen-bond donors (Lipinski definition) is 3. The van der Waals surface area contributed by atoms with Crippen molar-refractivity contribution in [1.82, 2.24) is 10.0 Å². The highest BCUT2D eigenvalue weighted by molar-refractivity contribution is 9.10. The zero-order valence-electron chi connectivity index (χ0n) is 10.8. The Labute approximate surface area is 129 Å². The Morgan fingerprint density at radius 3 is 2.57 bits per heavy atom. The SMILES string of the molecule is O=C(CNS(=O)(=O)c1cc(C(=O)O)ccc1Br)NC1CC1. The molecule has 0 heterocycles. The maximum Gasteiger partial charge on any atom is 0.335 e. The first-order valence-electron chi connectivity index (χ1n) is 6.11. The third-order valence-electron chi connectivity index (χ3n) is 2.83. The number of benzene rings is 1. The predicted octanol–water partition coefficient (Wildman–Crippen LogP) is 0.704. The second kappa shape index (κ2) is 6.12. The van der Waals surface area contributed by atoms with E-state index in [4.69, 9.17) is 5.11 Å².